The van der Waals surface area contributed by atoms with Gasteiger partial charge in [0.05, 0.1) is 0 Å². The van der Waals surface area contributed by atoms with Gasteiger partial charge in [-0.2, -0.15) is 0 Å². The van der Waals surface area contributed by atoms with Crippen molar-refractivity contribution in [2.24, 2.45) is 0 Å². The molecule has 150 valence electrons. The van der Waals surface area contributed by atoms with Crippen LogP contribution in [0.2, 0.25) is 0 Å². The van der Waals surface area contributed by atoms with E-state index in [4.69, 9.17) is 0 Å². The Morgan fingerprint density at radius 1 is 1.07 bits per heavy atom. The van der Waals surface area contributed by atoms with E-state index in [1.54, 1.807) is 23.1 Å². The number of amides is 1. The molecule has 0 fully saturated rings. The molecule has 6 heteroatoms. The summed E-state index contributed by atoms with van der Waals surface area (Å²) < 4.78 is 13.0. The van der Waals surface area contributed by atoms with E-state index in [-0.39, 0.29) is 11.7 Å². The van der Waals surface area contributed by atoms with Crippen LogP contribution in [0.15, 0.2) is 54.6 Å². The molecule has 0 spiro atoms. The molecule has 0 atom stereocenters. The first kappa shape index (κ1) is 20.5. The van der Waals surface area contributed by atoms with Crippen LogP contribution in [-0.4, -0.2) is 29.0 Å². The van der Waals surface area contributed by atoms with E-state index < -0.39 is 0 Å². The second kappa shape index (κ2) is 9.28. The lowest BCUT2D eigenvalue weighted by Crippen LogP contribution is -2.31. The summed E-state index contributed by atoms with van der Waals surface area (Å²) in [5.41, 5.74) is 4.02. The van der Waals surface area contributed by atoms with Crippen molar-refractivity contribution < 1.29 is 9.18 Å². The highest BCUT2D eigenvalue weighted by molar-refractivity contribution is 6.05. The zero-order chi connectivity index (χ0) is 20.8. The summed E-state index contributed by atoms with van der Waals surface area (Å²) in [6, 6.07) is 15.9. The molecule has 0 unspecified atom stereocenters. The van der Waals surface area contributed by atoms with Gasteiger partial charge >= 0.3 is 0 Å². The minimum absolute atomic E-state index is 0.162. The third kappa shape index (κ3) is 5.38. The molecule has 1 heterocycles. The Hall–Kier alpha value is -3.28. The molecular formula is C23H25FN4O. The number of nitrogens with zero attached hydrogens (tertiary/aromatic N) is 3. The van der Waals surface area contributed by atoms with Crippen LogP contribution >= 0.6 is 0 Å². The Morgan fingerprint density at radius 3 is 2.52 bits per heavy atom. The Balaban J connectivity index is 1.73. The van der Waals surface area contributed by atoms with Gasteiger partial charge in [-0.15, -0.1) is 0 Å². The van der Waals surface area contributed by atoms with Crippen LogP contribution in [0.5, 0.6) is 0 Å². The number of rotatable bonds is 7. The van der Waals surface area contributed by atoms with Gasteiger partial charge in [0.1, 0.15) is 11.5 Å². The molecule has 0 aliphatic heterocycles. The van der Waals surface area contributed by atoms with Gasteiger partial charge in [-0.3, -0.25) is 4.79 Å². The van der Waals surface area contributed by atoms with Crippen LogP contribution in [0.4, 0.5) is 16.0 Å². The van der Waals surface area contributed by atoms with E-state index in [1.165, 1.54) is 12.1 Å². The fraction of sp³-hybridized carbons (Fsp3) is 0.261. The van der Waals surface area contributed by atoms with Gasteiger partial charge in [0.15, 0.2) is 0 Å². The minimum Gasteiger partial charge on any atom is -0.354 e. The van der Waals surface area contributed by atoms with Crippen molar-refractivity contribution in [2.45, 2.75) is 27.2 Å². The molecule has 0 radical (unpaired) electrons. The van der Waals surface area contributed by atoms with Gasteiger partial charge in [-0.25, -0.2) is 14.4 Å². The van der Waals surface area contributed by atoms with Crippen molar-refractivity contribution in [3.63, 3.8) is 0 Å². The number of hydrogen-bond acceptors (Lipinski definition) is 4. The lowest BCUT2D eigenvalue weighted by atomic mass is 10.1. The minimum atomic E-state index is -0.249. The third-order valence-electron chi connectivity index (χ3n) is 4.56. The summed E-state index contributed by atoms with van der Waals surface area (Å²) in [4.78, 5) is 23.6. The van der Waals surface area contributed by atoms with Crippen molar-refractivity contribution in [3.8, 4) is 0 Å². The Morgan fingerprint density at radius 2 is 1.83 bits per heavy atom. The van der Waals surface area contributed by atoms with Crippen molar-refractivity contribution in [3.05, 3.63) is 82.9 Å². The Bertz CT molecular complexity index is 988. The molecule has 29 heavy (non-hydrogen) atoms. The van der Waals surface area contributed by atoms with Gasteiger partial charge in [-0.05, 0) is 68.7 Å². The molecule has 2 aromatic carbocycles. The lowest BCUT2D eigenvalue weighted by Gasteiger charge is -2.21. The average Bonchev–Trinajstić information content (AvgIpc) is 2.70. The summed E-state index contributed by atoms with van der Waals surface area (Å²) >= 11 is 0. The standard InChI is InChI=1S/C23H25FN4O/c1-4-28(20-7-5-6-16(2)14-20)22(29)21-15-17(3)26-23(27-21)25-13-12-18-8-10-19(24)11-9-18/h5-11,14-15H,4,12-13H2,1-3H3,(H,25,26,27). The molecule has 3 rings (SSSR count). The molecule has 0 aliphatic carbocycles. The molecule has 0 aliphatic rings. The first-order chi connectivity index (χ1) is 14.0. The molecule has 1 amide bonds. The zero-order valence-corrected chi connectivity index (χ0v) is 16.9. The number of aromatic nitrogens is 2. The van der Waals surface area contributed by atoms with E-state index in [0.29, 0.717) is 36.8 Å². The largest absolute Gasteiger partial charge is 0.354 e. The van der Waals surface area contributed by atoms with Gasteiger partial charge in [0.2, 0.25) is 5.95 Å². The summed E-state index contributed by atoms with van der Waals surface area (Å²) in [7, 11) is 0. The van der Waals surface area contributed by atoms with E-state index in [0.717, 1.165) is 16.8 Å². The van der Waals surface area contributed by atoms with E-state index >= 15 is 0 Å². The third-order valence-corrected chi connectivity index (χ3v) is 4.56. The topological polar surface area (TPSA) is 58.1 Å². The van der Waals surface area contributed by atoms with Crippen LogP contribution in [0.1, 0.15) is 34.2 Å². The van der Waals surface area contributed by atoms with E-state index in [2.05, 4.69) is 15.3 Å². The average molecular weight is 392 g/mol. The van der Waals surface area contributed by atoms with E-state index in [1.807, 2.05) is 45.0 Å². The fourth-order valence-electron chi connectivity index (χ4n) is 3.10. The summed E-state index contributed by atoms with van der Waals surface area (Å²) in [6.45, 7) is 6.90. The van der Waals surface area contributed by atoms with Crippen LogP contribution in [0.3, 0.4) is 0 Å². The summed E-state index contributed by atoms with van der Waals surface area (Å²) in [6.07, 6.45) is 0.700. The summed E-state index contributed by atoms with van der Waals surface area (Å²) in [5, 5.41) is 3.16. The van der Waals surface area contributed by atoms with Crippen LogP contribution in [0, 0.1) is 19.7 Å². The number of benzene rings is 2. The van der Waals surface area contributed by atoms with Gasteiger partial charge in [0.25, 0.3) is 5.91 Å². The molecule has 3 aromatic rings. The highest BCUT2D eigenvalue weighted by Crippen LogP contribution is 2.19. The van der Waals surface area contributed by atoms with E-state index in [9.17, 15) is 9.18 Å². The maximum absolute atomic E-state index is 13.1. The highest BCUT2D eigenvalue weighted by atomic mass is 19.1. The quantitative estimate of drug-likeness (QED) is 0.641. The number of aryl methyl sites for hydroxylation is 2. The molecule has 0 saturated carbocycles. The SMILES string of the molecule is CCN(C(=O)c1cc(C)nc(NCCc2ccc(F)cc2)n1)c1cccc(C)c1. The predicted molar refractivity (Wildman–Crippen MR) is 114 cm³/mol. The number of carbonyl (C=O) groups is 1. The van der Waals surface area contributed by atoms with Gasteiger partial charge < -0.3 is 10.2 Å². The van der Waals surface area contributed by atoms with Crippen LogP contribution < -0.4 is 10.2 Å². The normalized spacial score (nSPS) is 10.6. The monoisotopic (exact) mass is 392 g/mol. The Labute approximate surface area is 170 Å². The van der Waals surface area contributed by atoms with Crippen LogP contribution in [-0.2, 0) is 6.42 Å². The predicted octanol–water partition coefficient (Wildman–Crippen LogP) is 4.55. The molecular weight excluding hydrogens is 367 g/mol. The Kier molecular flexibility index (Phi) is 6.54. The molecule has 5 nitrogen and oxygen atoms in total. The van der Waals surface area contributed by atoms with Gasteiger partial charge in [-0.1, -0.05) is 24.3 Å². The number of nitrogens with one attached hydrogen (secondary N) is 1. The van der Waals surface area contributed by atoms with Crippen molar-refractivity contribution in [2.75, 3.05) is 23.3 Å². The maximum atomic E-state index is 13.1. The fourth-order valence-corrected chi connectivity index (χ4v) is 3.10. The number of anilines is 2. The summed E-state index contributed by atoms with van der Waals surface area (Å²) in [5.74, 6) is 0.00177. The maximum Gasteiger partial charge on any atom is 0.277 e. The van der Waals surface area contributed by atoms with Gasteiger partial charge in [0, 0.05) is 24.5 Å². The molecule has 0 bridgehead atoms. The van der Waals surface area contributed by atoms with Crippen molar-refractivity contribution in [1.82, 2.24) is 9.97 Å². The number of hydrogen-bond donors (Lipinski definition) is 1. The smallest absolute Gasteiger partial charge is 0.277 e. The first-order valence-electron chi connectivity index (χ1n) is 9.69. The zero-order valence-electron chi connectivity index (χ0n) is 16.9. The van der Waals surface area contributed by atoms with Crippen molar-refractivity contribution in [1.29, 1.82) is 0 Å². The van der Waals surface area contributed by atoms with Crippen LogP contribution in [0.25, 0.3) is 0 Å². The highest BCUT2D eigenvalue weighted by Gasteiger charge is 2.19. The molecule has 1 aromatic heterocycles. The second-order valence-corrected chi connectivity index (χ2v) is 6.91. The molecule has 1 N–H and O–H groups in total. The number of carbonyl (C=O) groups excluding carboxylic acids is 1. The first-order valence-corrected chi connectivity index (χ1v) is 9.69. The lowest BCUT2D eigenvalue weighted by molar-refractivity contribution is 0.0983. The molecule has 0 saturated heterocycles. The number of halogens is 1. The second-order valence-electron chi connectivity index (χ2n) is 6.91. The van der Waals surface area contributed by atoms with Crippen molar-refractivity contribution >= 4 is 17.5 Å².